The van der Waals surface area contributed by atoms with Gasteiger partial charge in [0.2, 0.25) is 11.8 Å². The van der Waals surface area contributed by atoms with Crippen molar-refractivity contribution in [2.24, 2.45) is 29.6 Å². The summed E-state index contributed by atoms with van der Waals surface area (Å²) in [5, 5.41) is 9.87. The van der Waals surface area contributed by atoms with Crippen molar-refractivity contribution in [2.75, 3.05) is 27.8 Å². The van der Waals surface area contributed by atoms with E-state index in [2.05, 4.69) is 27.7 Å². The van der Waals surface area contributed by atoms with Crippen LogP contribution in [-0.2, 0) is 35.1 Å². The van der Waals surface area contributed by atoms with E-state index in [0.717, 1.165) is 24.8 Å². The molecule has 1 aliphatic heterocycles. The van der Waals surface area contributed by atoms with Crippen molar-refractivity contribution >= 4 is 23.6 Å². The van der Waals surface area contributed by atoms with Gasteiger partial charge in [-0.3, -0.25) is 19.2 Å². The molecule has 0 unspecified atom stereocenters. The molecule has 2 amide bonds. The summed E-state index contributed by atoms with van der Waals surface area (Å²) in [6.07, 6.45) is 2.24. The maximum Gasteiger partial charge on any atom is 0.307 e. The maximum atomic E-state index is 13.9. The van der Waals surface area contributed by atoms with Crippen molar-refractivity contribution in [1.82, 2.24) is 9.80 Å². The van der Waals surface area contributed by atoms with Crippen molar-refractivity contribution in [1.29, 1.82) is 0 Å². The van der Waals surface area contributed by atoms with Gasteiger partial charge in [0.1, 0.15) is 5.78 Å². The molecule has 1 aliphatic rings. The number of carbonyl (C=O) groups is 4. The van der Waals surface area contributed by atoms with Crippen molar-refractivity contribution in [2.45, 2.75) is 111 Å². The van der Waals surface area contributed by atoms with Gasteiger partial charge in [-0.2, -0.15) is 0 Å². The summed E-state index contributed by atoms with van der Waals surface area (Å²) in [5.41, 5.74) is 0.867. The Balaban J connectivity index is 2.21. The highest BCUT2D eigenvalue weighted by molar-refractivity contribution is 5.86. The Bertz CT molecular complexity index is 1090. The van der Waals surface area contributed by atoms with Gasteiger partial charge in [0.25, 0.3) is 0 Å². The third kappa shape index (κ3) is 10.1. The number of methoxy groups -OCH3 is 2. The van der Waals surface area contributed by atoms with E-state index in [1.54, 1.807) is 30.9 Å². The minimum absolute atomic E-state index is 0.0741. The third-order valence-electron chi connectivity index (χ3n) is 10.0. The lowest BCUT2D eigenvalue weighted by Gasteiger charge is -2.40. The summed E-state index contributed by atoms with van der Waals surface area (Å²) in [7, 11) is 4.97. The van der Waals surface area contributed by atoms with Crippen LogP contribution in [0.4, 0.5) is 0 Å². The molecule has 1 N–H and O–H groups in total. The third-order valence-corrected chi connectivity index (χ3v) is 10.0. The average Bonchev–Trinajstić information content (AvgIpc) is 3.50. The molecule has 9 nitrogen and oxygen atoms in total. The molecule has 0 spiro atoms. The molecular weight excluding hydrogens is 572 g/mol. The topological polar surface area (TPSA) is 113 Å². The molecule has 1 aromatic rings. The molecule has 0 radical (unpaired) electrons. The number of amides is 2. The first-order valence-electron chi connectivity index (χ1n) is 16.7. The van der Waals surface area contributed by atoms with Gasteiger partial charge in [0, 0.05) is 46.1 Å². The molecule has 254 valence electrons. The summed E-state index contributed by atoms with van der Waals surface area (Å²) in [6, 6.07) is 8.72. The van der Waals surface area contributed by atoms with Crippen LogP contribution in [0, 0.1) is 29.6 Å². The van der Waals surface area contributed by atoms with Crippen molar-refractivity contribution < 1.29 is 33.8 Å². The first kappa shape index (κ1) is 38.4. The van der Waals surface area contributed by atoms with Gasteiger partial charge in [-0.05, 0) is 43.1 Å². The number of carboxylic acid groups (broad SMARTS) is 1. The number of rotatable bonds is 19. The highest BCUT2D eigenvalue weighted by atomic mass is 16.5. The van der Waals surface area contributed by atoms with Crippen LogP contribution in [0.15, 0.2) is 30.3 Å². The Kier molecular flexibility index (Phi) is 15.7. The molecule has 1 fully saturated rings. The number of ether oxygens (including phenoxy) is 2. The quantitative estimate of drug-likeness (QED) is 0.215. The van der Waals surface area contributed by atoms with E-state index < -0.39 is 30.0 Å². The Morgan fingerprint density at radius 1 is 0.978 bits per heavy atom. The molecule has 9 heteroatoms. The second-order valence-corrected chi connectivity index (χ2v) is 13.2. The van der Waals surface area contributed by atoms with Crippen LogP contribution in [-0.4, -0.2) is 90.6 Å². The van der Waals surface area contributed by atoms with Crippen LogP contribution in [0.3, 0.4) is 0 Å². The van der Waals surface area contributed by atoms with Crippen LogP contribution < -0.4 is 0 Å². The number of carbonyl (C=O) groups excluding carboxylic acids is 3. The van der Waals surface area contributed by atoms with Crippen LogP contribution >= 0.6 is 0 Å². The largest absolute Gasteiger partial charge is 0.481 e. The predicted octanol–water partition coefficient (Wildman–Crippen LogP) is 5.49. The standard InChI is InChI=1S/C36H58N2O7/c1-10-24(5)33(37(7)35(41)28(11-2)23(3)4)31(44-8)22-32(40)38-19-15-18-29(38)34(45-9)25(6)30(39)21-27(36(42)43)20-26-16-13-12-14-17-26/h12-14,16-17,23-25,27-29,31,33-34H,10-11,15,18-22H2,1-9H3,(H,42,43)/t24-,25-,27+,28-,29-,31+,33-,34+/m0/s1. The van der Waals surface area contributed by atoms with Crippen LogP contribution in [0.5, 0.6) is 0 Å². The SMILES string of the molecule is CC[C@H](C(=O)N(C)[C@@H]([C@@H](C)CC)[C@@H](CC(=O)N1CCC[C@H]1[C@H](OC)[C@@H](C)C(=O)C[C@@H](Cc1ccccc1)C(=O)O)OC)C(C)C. The molecule has 0 aliphatic carbocycles. The second-order valence-electron chi connectivity index (χ2n) is 13.2. The summed E-state index contributed by atoms with van der Waals surface area (Å²) >= 11 is 0. The number of likely N-dealkylation sites (tertiary alicyclic amines) is 1. The lowest BCUT2D eigenvalue weighted by Crippen LogP contribution is -2.54. The molecule has 45 heavy (non-hydrogen) atoms. The van der Waals surface area contributed by atoms with E-state index in [-0.39, 0.29) is 66.7 Å². The maximum absolute atomic E-state index is 13.9. The Labute approximate surface area is 271 Å². The molecule has 2 rings (SSSR count). The van der Waals surface area contributed by atoms with Gasteiger partial charge in [-0.1, -0.05) is 78.3 Å². The van der Waals surface area contributed by atoms with E-state index in [9.17, 15) is 24.3 Å². The number of likely N-dealkylation sites (N-methyl/N-ethyl adjacent to an activating group) is 1. The summed E-state index contributed by atoms with van der Waals surface area (Å²) in [6.45, 7) is 12.6. The van der Waals surface area contributed by atoms with Gasteiger partial charge in [0.15, 0.2) is 0 Å². The minimum Gasteiger partial charge on any atom is -0.481 e. The fourth-order valence-corrected chi connectivity index (χ4v) is 7.11. The fourth-order valence-electron chi connectivity index (χ4n) is 7.11. The molecule has 0 saturated carbocycles. The van der Waals surface area contributed by atoms with Gasteiger partial charge in [-0.25, -0.2) is 0 Å². The highest BCUT2D eigenvalue weighted by Gasteiger charge is 2.42. The molecule has 1 aromatic carbocycles. The van der Waals surface area contributed by atoms with Gasteiger partial charge in [0.05, 0.1) is 36.6 Å². The fraction of sp³-hybridized carbons (Fsp3) is 0.722. The van der Waals surface area contributed by atoms with E-state index in [1.165, 1.54) is 0 Å². The Morgan fingerprint density at radius 3 is 2.13 bits per heavy atom. The molecule has 1 saturated heterocycles. The first-order chi connectivity index (χ1) is 21.3. The van der Waals surface area contributed by atoms with Crippen molar-refractivity contribution in [3.05, 3.63) is 35.9 Å². The van der Waals surface area contributed by atoms with Gasteiger partial charge >= 0.3 is 5.97 Å². The molecule has 1 heterocycles. The smallest absolute Gasteiger partial charge is 0.307 e. The van der Waals surface area contributed by atoms with E-state index in [4.69, 9.17) is 9.47 Å². The minimum atomic E-state index is -1.00. The highest BCUT2D eigenvalue weighted by Crippen LogP contribution is 2.31. The zero-order valence-corrected chi connectivity index (χ0v) is 29.0. The Morgan fingerprint density at radius 2 is 1.62 bits per heavy atom. The van der Waals surface area contributed by atoms with Crippen LogP contribution in [0.1, 0.15) is 85.6 Å². The number of benzene rings is 1. The monoisotopic (exact) mass is 630 g/mol. The van der Waals surface area contributed by atoms with Crippen LogP contribution in [0.25, 0.3) is 0 Å². The number of aliphatic carboxylic acids is 1. The Hall–Kier alpha value is -2.78. The van der Waals surface area contributed by atoms with E-state index in [0.29, 0.717) is 13.0 Å². The summed E-state index contributed by atoms with van der Waals surface area (Å²) in [4.78, 5) is 56.6. The molecular formula is C36H58N2O7. The number of hydrogen-bond acceptors (Lipinski definition) is 6. The van der Waals surface area contributed by atoms with Crippen molar-refractivity contribution in [3.63, 3.8) is 0 Å². The zero-order valence-electron chi connectivity index (χ0n) is 29.0. The van der Waals surface area contributed by atoms with Gasteiger partial charge in [-0.15, -0.1) is 0 Å². The number of carboxylic acids is 1. The number of nitrogens with zero attached hydrogens (tertiary/aromatic N) is 2. The van der Waals surface area contributed by atoms with E-state index >= 15 is 0 Å². The molecule has 8 atom stereocenters. The molecule has 0 aromatic heterocycles. The van der Waals surface area contributed by atoms with E-state index in [1.807, 2.05) is 44.3 Å². The molecule has 0 bridgehead atoms. The summed E-state index contributed by atoms with van der Waals surface area (Å²) < 4.78 is 11.8. The second kappa shape index (κ2) is 18.4. The lowest BCUT2D eigenvalue weighted by atomic mass is 9.85. The summed E-state index contributed by atoms with van der Waals surface area (Å²) in [5.74, 6) is -2.44. The average molecular weight is 631 g/mol. The number of Topliss-reactive ketones (excluding diaryl/α,β-unsaturated/α-hetero) is 1. The van der Waals surface area contributed by atoms with Crippen LogP contribution in [0.2, 0.25) is 0 Å². The number of ketones is 1. The predicted molar refractivity (Wildman–Crippen MR) is 176 cm³/mol. The van der Waals surface area contributed by atoms with Gasteiger partial charge < -0.3 is 24.4 Å². The van der Waals surface area contributed by atoms with Crippen molar-refractivity contribution in [3.8, 4) is 0 Å². The lowest BCUT2D eigenvalue weighted by molar-refractivity contribution is -0.148. The zero-order chi connectivity index (χ0) is 33.8. The number of hydrogen-bond donors (Lipinski definition) is 1. The normalized spacial score (nSPS) is 19.8. The first-order valence-corrected chi connectivity index (χ1v) is 16.7.